The topological polar surface area (TPSA) is 57.6 Å². The van der Waals surface area contributed by atoms with Crippen molar-refractivity contribution >= 4 is 11.9 Å². The predicted molar refractivity (Wildman–Crippen MR) is 91.9 cm³/mol. The van der Waals surface area contributed by atoms with Gasteiger partial charge in [0, 0.05) is 12.1 Å². The highest BCUT2D eigenvalue weighted by Gasteiger charge is 2.44. The van der Waals surface area contributed by atoms with Crippen LogP contribution in [-0.2, 0) is 4.79 Å². The van der Waals surface area contributed by atoms with Crippen molar-refractivity contribution in [2.45, 2.75) is 25.8 Å². The average Bonchev–Trinajstić information content (AvgIpc) is 2.57. The fraction of sp³-hybridized carbons (Fsp3) is 0.300. The van der Waals surface area contributed by atoms with Crippen molar-refractivity contribution in [3.05, 3.63) is 71.3 Å². The van der Waals surface area contributed by atoms with Crippen LogP contribution in [-0.4, -0.2) is 28.4 Å². The molecular formula is C20H21NO3. The highest BCUT2D eigenvalue weighted by atomic mass is 16.4. The second-order valence-electron chi connectivity index (χ2n) is 6.61. The minimum Gasteiger partial charge on any atom is -0.481 e. The molecule has 1 aliphatic heterocycles. The third kappa shape index (κ3) is 2.80. The summed E-state index contributed by atoms with van der Waals surface area (Å²) in [5.74, 6) is -1.51. The van der Waals surface area contributed by atoms with Gasteiger partial charge in [0.1, 0.15) is 5.92 Å². The van der Waals surface area contributed by atoms with Crippen LogP contribution in [0.4, 0.5) is 0 Å². The molecular weight excluding hydrogens is 302 g/mol. The first kappa shape index (κ1) is 16.2. The van der Waals surface area contributed by atoms with Crippen LogP contribution < -0.4 is 0 Å². The number of carbonyl (C=O) groups is 2. The first-order valence-electron chi connectivity index (χ1n) is 8.18. The maximum atomic E-state index is 13.0. The Hall–Kier alpha value is -2.62. The number of carboxylic acids is 1. The number of amides is 1. The summed E-state index contributed by atoms with van der Waals surface area (Å²) in [6, 6.07) is 16.0. The van der Waals surface area contributed by atoms with Crippen molar-refractivity contribution < 1.29 is 14.7 Å². The molecule has 0 bridgehead atoms. The van der Waals surface area contributed by atoms with E-state index < -0.39 is 17.9 Å². The molecule has 1 aliphatic rings. The Kier molecular flexibility index (Phi) is 4.38. The lowest BCUT2D eigenvalue weighted by Crippen LogP contribution is -2.46. The van der Waals surface area contributed by atoms with Gasteiger partial charge < -0.3 is 10.0 Å². The van der Waals surface area contributed by atoms with Crippen LogP contribution in [0.5, 0.6) is 0 Å². The molecule has 0 aromatic heterocycles. The van der Waals surface area contributed by atoms with E-state index in [0.717, 1.165) is 5.56 Å². The molecule has 24 heavy (non-hydrogen) atoms. The molecule has 0 aliphatic carbocycles. The molecule has 0 fully saturated rings. The van der Waals surface area contributed by atoms with Gasteiger partial charge in [-0.15, -0.1) is 0 Å². The van der Waals surface area contributed by atoms with E-state index >= 15 is 0 Å². The van der Waals surface area contributed by atoms with Gasteiger partial charge >= 0.3 is 5.97 Å². The lowest BCUT2D eigenvalue weighted by Gasteiger charge is -2.41. The number of nitrogens with zero attached hydrogens (tertiary/aromatic N) is 1. The summed E-state index contributed by atoms with van der Waals surface area (Å²) in [4.78, 5) is 26.9. The molecule has 4 nitrogen and oxygen atoms in total. The van der Waals surface area contributed by atoms with Gasteiger partial charge in [-0.05, 0) is 23.1 Å². The van der Waals surface area contributed by atoms with E-state index in [1.807, 2.05) is 44.2 Å². The van der Waals surface area contributed by atoms with Crippen molar-refractivity contribution in [1.29, 1.82) is 0 Å². The highest BCUT2D eigenvalue weighted by molar-refractivity contribution is 6.00. The van der Waals surface area contributed by atoms with Gasteiger partial charge in [-0.1, -0.05) is 62.4 Å². The molecule has 3 rings (SSSR count). The van der Waals surface area contributed by atoms with Crippen LogP contribution in [0, 0.1) is 5.92 Å². The van der Waals surface area contributed by atoms with Gasteiger partial charge in [0.15, 0.2) is 0 Å². The third-order valence-electron chi connectivity index (χ3n) is 4.41. The number of fused-ring (bicyclic) bond motifs is 1. The molecule has 124 valence electrons. The molecule has 0 spiro atoms. The second kappa shape index (κ2) is 6.48. The highest BCUT2D eigenvalue weighted by Crippen LogP contribution is 2.43. The van der Waals surface area contributed by atoms with Gasteiger partial charge in [-0.25, -0.2) is 0 Å². The van der Waals surface area contributed by atoms with Crippen molar-refractivity contribution in [2.24, 2.45) is 5.92 Å². The summed E-state index contributed by atoms with van der Waals surface area (Å²) < 4.78 is 0. The number of hydrogen-bond acceptors (Lipinski definition) is 2. The molecule has 0 unspecified atom stereocenters. The lowest BCUT2D eigenvalue weighted by atomic mass is 9.79. The van der Waals surface area contributed by atoms with Gasteiger partial charge in [-0.3, -0.25) is 9.59 Å². The molecule has 0 saturated carbocycles. The zero-order valence-corrected chi connectivity index (χ0v) is 13.8. The van der Waals surface area contributed by atoms with E-state index in [0.29, 0.717) is 17.7 Å². The van der Waals surface area contributed by atoms with Gasteiger partial charge in [-0.2, -0.15) is 0 Å². The van der Waals surface area contributed by atoms with Crippen molar-refractivity contribution in [3.8, 4) is 0 Å². The Bertz CT molecular complexity index is 754. The first-order chi connectivity index (χ1) is 11.5. The number of carbonyl (C=O) groups excluding carboxylic acids is 1. The van der Waals surface area contributed by atoms with E-state index in [2.05, 4.69) is 0 Å². The van der Waals surface area contributed by atoms with Crippen molar-refractivity contribution in [1.82, 2.24) is 4.90 Å². The number of aliphatic carboxylic acids is 1. The molecule has 1 N–H and O–H groups in total. The Morgan fingerprint density at radius 3 is 2.33 bits per heavy atom. The molecule has 2 aromatic rings. The second-order valence-corrected chi connectivity index (χ2v) is 6.61. The van der Waals surface area contributed by atoms with E-state index in [1.165, 1.54) is 0 Å². The average molecular weight is 323 g/mol. The summed E-state index contributed by atoms with van der Waals surface area (Å²) in [6.45, 7) is 4.59. The van der Waals surface area contributed by atoms with Gasteiger partial charge in [0.2, 0.25) is 0 Å². The molecule has 0 radical (unpaired) electrons. The summed E-state index contributed by atoms with van der Waals surface area (Å²) in [5, 5.41) is 9.92. The van der Waals surface area contributed by atoms with Crippen LogP contribution in [0.3, 0.4) is 0 Å². The quantitative estimate of drug-likeness (QED) is 0.933. The largest absolute Gasteiger partial charge is 0.481 e. The Morgan fingerprint density at radius 1 is 1.08 bits per heavy atom. The maximum absolute atomic E-state index is 13.0. The van der Waals surface area contributed by atoms with Crippen LogP contribution in [0.25, 0.3) is 0 Å². The predicted octanol–water partition coefficient (Wildman–Crippen LogP) is 3.71. The molecule has 0 saturated heterocycles. The summed E-state index contributed by atoms with van der Waals surface area (Å²) in [6.07, 6.45) is 0. The molecule has 4 heteroatoms. The van der Waals surface area contributed by atoms with Crippen LogP contribution in [0.15, 0.2) is 54.6 Å². The maximum Gasteiger partial charge on any atom is 0.313 e. The fourth-order valence-corrected chi connectivity index (χ4v) is 3.47. The van der Waals surface area contributed by atoms with Crippen LogP contribution in [0.2, 0.25) is 0 Å². The van der Waals surface area contributed by atoms with Crippen LogP contribution in [0.1, 0.15) is 47.3 Å². The summed E-state index contributed by atoms with van der Waals surface area (Å²) in [7, 11) is 0. The summed E-state index contributed by atoms with van der Waals surface area (Å²) in [5.41, 5.74) is 1.95. The van der Waals surface area contributed by atoms with Crippen molar-refractivity contribution in [3.63, 3.8) is 0 Å². The Balaban J connectivity index is 2.20. The van der Waals surface area contributed by atoms with E-state index in [4.69, 9.17) is 0 Å². The minimum atomic E-state index is -0.905. The number of benzene rings is 2. The first-order valence-corrected chi connectivity index (χ1v) is 8.18. The zero-order valence-electron chi connectivity index (χ0n) is 13.8. The monoisotopic (exact) mass is 323 g/mol. The summed E-state index contributed by atoms with van der Waals surface area (Å²) >= 11 is 0. The zero-order chi connectivity index (χ0) is 17.3. The van der Waals surface area contributed by atoms with E-state index in [-0.39, 0.29) is 11.8 Å². The third-order valence-corrected chi connectivity index (χ3v) is 4.41. The molecule has 1 heterocycles. The minimum absolute atomic E-state index is 0.0920. The fourth-order valence-electron chi connectivity index (χ4n) is 3.47. The molecule has 1 amide bonds. The number of carboxylic acid groups (broad SMARTS) is 1. The Morgan fingerprint density at radius 2 is 1.71 bits per heavy atom. The lowest BCUT2D eigenvalue weighted by molar-refractivity contribution is -0.140. The van der Waals surface area contributed by atoms with E-state index in [1.54, 1.807) is 29.2 Å². The standard InChI is InChI=1S/C20H21NO3/c1-13(2)12-21-18(14-8-4-3-5-9-14)17(20(23)24)15-10-6-7-11-16(15)19(21)22/h3-11,13,17-18H,12H2,1-2H3,(H,23,24)/t17-,18+/m1/s1. The number of rotatable bonds is 4. The number of hydrogen-bond donors (Lipinski definition) is 1. The van der Waals surface area contributed by atoms with Gasteiger partial charge in [0.25, 0.3) is 5.91 Å². The normalized spacial score (nSPS) is 20.1. The van der Waals surface area contributed by atoms with Gasteiger partial charge in [0.05, 0.1) is 6.04 Å². The van der Waals surface area contributed by atoms with E-state index in [9.17, 15) is 14.7 Å². The SMILES string of the molecule is CC(C)CN1C(=O)c2ccccc2[C@@H](C(=O)O)[C@@H]1c1ccccc1. The Labute approximate surface area is 141 Å². The molecule has 2 aromatic carbocycles. The van der Waals surface area contributed by atoms with Crippen LogP contribution >= 0.6 is 0 Å². The molecule has 2 atom stereocenters. The smallest absolute Gasteiger partial charge is 0.313 e. The van der Waals surface area contributed by atoms with Crippen molar-refractivity contribution in [2.75, 3.05) is 6.54 Å².